The number of H-pyrrole nitrogens is 1. The van der Waals surface area contributed by atoms with Gasteiger partial charge in [0, 0.05) is 25.2 Å². The highest BCUT2D eigenvalue weighted by molar-refractivity contribution is 5.98. The van der Waals surface area contributed by atoms with Crippen molar-refractivity contribution in [2.24, 2.45) is 0 Å². The zero-order valence-electron chi connectivity index (χ0n) is 9.77. The second kappa shape index (κ2) is 4.52. The molecule has 1 aromatic heterocycles. The Labute approximate surface area is 102 Å². The number of aromatic amines is 1. The van der Waals surface area contributed by atoms with Gasteiger partial charge in [-0.3, -0.25) is 19.4 Å². The van der Waals surface area contributed by atoms with E-state index in [-0.39, 0.29) is 17.4 Å². The minimum absolute atomic E-state index is 0.0674. The van der Waals surface area contributed by atoms with Crippen LogP contribution in [0.15, 0.2) is 16.9 Å². The summed E-state index contributed by atoms with van der Waals surface area (Å²) in [5.41, 5.74) is -0.495. The molecule has 0 aliphatic carbocycles. The molecule has 1 aromatic rings. The van der Waals surface area contributed by atoms with Gasteiger partial charge in [0.25, 0.3) is 11.5 Å². The Morgan fingerprint density at radius 3 is 2.83 bits per heavy atom. The van der Waals surface area contributed by atoms with Crippen molar-refractivity contribution >= 4 is 11.8 Å². The number of pyridine rings is 1. The molecule has 0 saturated carbocycles. The van der Waals surface area contributed by atoms with Crippen molar-refractivity contribution in [2.45, 2.75) is 13.0 Å². The molecule has 1 fully saturated rings. The number of carbonyl (C=O) groups is 2. The summed E-state index contributed by atoms with van der Waals surface area (Å²) >= 11 is 0. The van der Waals surface area contributed by atoms with E-state index in [2.05, 4.69) is 10.3 Å². The maximum absolute atomic E-state index is 12.1. The van der Waals surface area contributed by atoms with Gasteiger partial charge in [-0.2, -0.15) is 0 Å². The number of aromatic hydroxyl groups is 1. The monoisotopic (exact) mass is 251 g/mol. The van der Waals surface area contributed by atoms with Crippen molar-refractivity contribution in [1.82, 2.24) is 15.2 Å². The van der Waals surface area contributed by atoms with E-state index in [4.69, 9.17) is 0 Å². The van der Waals surface area contributed by atoms with Gasteiger partial charge in [-0.25, -0.2) is 0 Å². The molecule has 1 aliphatic heterocycles. The molecule has 2 amide bonds. The average molecular weight is 251 g/mol. The molecule has 0 spiro atoms. The Kier molecular flexibility index (Phi) is 3.05. The SMILES string of the molecule is CC1C(=O)NCCN1C(=O)c1cc(O)[nH]c(=O)c1. The third-order valence-corrected chi connectivity index (χ3v) is 2.84. The van der Waals surface area contributed by atoms with Gasteiger partial charge in [0.05, 0.1) is 5.56 Å². The van der Waals surface area contributed by atoms with Gasteiger partial charge >= 0.3 is 0 Å². The van der Waals surface area contributed by atoms with Crippen LogP contribution in [0.3, 0.4) is 0 Å². The molecule has 7 heteroatoms. The summed E-state index contributed by atoms with van der Waals surface area (Å²) in [6.45, 7) is 2.36. The molecule has 0 bridgehead atoms. The summed E-state index contributed by atoms with van der Waals surface area (Å²) in [6.07, 6.45) is 0. The van der Waals surface area contributed by atoms with Gasteiger partial charge in [0.2, 0.25) is 5.91 Å². The predicted octanol–water partition coefficient (Wildman–Crippen LogP) is -0.959. The number of nitrogens with zero attached hydrogens (tertiary/aromatic N) is 1. The van der Waals surface area contributed by atoms with Crippen LogP contribution in [0, 0.1) is 0 Å². The third kappa shape index (κ3) is 2.20. The fourth-order valence-corrected chi connectivity index (χ4v) is 1.88. The molecule has 1 atom stereocenters. The molecule has 1 unspecified atom stereocenters. The Morgan fingerprint density at radius 2 is 2.17 bits per heavy atom. The van der Waals surface area contributed by atoms with Gasteiger partial charge in [-0.05, 0) is 6.92 Å². The fraction of sp³-hybridized carbons (Fsp3) is 0.364. The molecular weight excluding hydrogens is 238 g/mol. The first-order chi connectivity index (χ1) is 8.49. The van der Waals surface area contributed by atoms with Crippen LogP contribution in [-0.2, 0) is 4.79 Å². The number of hydrogen-bond donors (Lipinski definition) is 3. The zero-order valence-corrected chi connectivity index (χ0v) is 9.77. The molecule has 2 rings (SSSR count). The van der Waals surface area contributed by atoms with Gasteiger partial charge in [-0.15, -0.1) is 0 Å². The lowest BCUT2D eigenvalue weighted by Crippen LogP contribution is -2.55. The molecule has 7 nitrogen and oxygen atoms in total. The Hall–Kier alpha value is -2.31. The van der Waals surface area contributed by atoms with Crippen LogP contribution in [-0.4, -0.2) is 45.9 Å². The average Bonchev–Trinajstić information content (AvgIpc) is 2.30. The number of hydrogen-bond acceptors (Lipinski definition) is 4. The lowest BCUT2D eigenvalue weighted by Gasteiger charge is -2.32. The van der Waals surface area contributed by atoms with Crippen molar-refractivity contribution < 1.29 is 14.7 Å². The third-order valence-electron chi connectivity index (χ3n) is 2.84. The normalized spacial score (nSPS) is 19.5. The largest absolute Gasteiger partial charge is 0.494 e. The summed E-state index contributed by atoms with van der Waals surface area (Å²) in [5.74, 6) is -1.05. The van der Waals surface area contributed by atoms with E-state index < -0.39 is 17.5 Å². The minimum atomic E-state index is -0.590. The second-order valence-electron chi connectivity index (χ2n) is 4.08. The molecule has 1 saturated heterocycles. The van der Waals surface area contributed by atoms with Crippen LogP contribution in [0.25, 0.3) is 0 Å². The van der Waals surface area contributed by atoms with Crippen LogP contribution in [0.4, 0.5) is 0 Å². The van der Waals surface area contributed by atoms with Crippen molar-refractivity contribution in [3.05, 3.63) is 28.0 Å². The van der Waals surface area contributed by atoms with E-state index in [1.807, 2.05) is 0 Å². The summed E-state index contributed by atoms with van der Waals surface area (Å²) in [7, 11) is 0. The molecule has 3 N–H and O–H groups in total. The first kappa shape index (κ1) is 12.2. The lowest BCUT2D eigenvalue weighted by atomic mass is 10.1. The Morgan fingerprint density at radius 1 is 1.44 bits per heavy atom. The number of carbonyl (C=O) groups excluding carboxylic acids is 2. The number of rotatable bonds is 1. The highest BCUT2D eigenvalue weighted by Gasteiger charge is 2.30. The highest BCUT2D eigenvalue weighted by Crippen LogP contribution is 2.12. The van der Waals surface area contributed by atoms with E-state index >= 15 is 0 Å². The van der Waals surface area contributed by atoms with E-state index in [1.165, 1.54) is 11.0 Å². The van der Waals surface area contributed by atoms with E-state index in [9.17, 15) is 19.5 Å². The first-order valence-electron chi connectivity index (χ1n) is 5.51. The van der Waals surface area contributed by atoms with E-state index in [0.29, 0.717) is 13.1 Å². The topological polar surface area (TPSA) is 102 Å². The number of nitrogens with one attached hydrogen (secondary N) is 2. The molecule has 2 heterocycles. The quantitative estimate of drug-likeness (QED) is 0.598. The van der Waals surface area contributed by atoms with E-state index in [0.717, 1.165) is 6.07 Å². The van der Waals surface area contributed by atoms with Gasteiger partial charge < -0.3 is 15.3 Å². The smallest absolute Gasteiger partial charge is 0.254 e. The lowest BCUT2D eigenvalue weighted by molar-refractivity contribution is -0.127. The van der Waals surface area contributed by atoms with Gasteiger partial charge in [0.1, 0.15) is 6.04 Å². The van der Waals surface area contributed by atoms with Crippen LogP contribution >= 0.6 is 0 Å². The summed E-state index contributed by atoms with van der Waals surface area (Å²) in [5, 5.41) is 11.9. The maximum Gasteiger partial charge on any atom is 0.254 e. The number of aromatic nitrogens is 1. The predicted molar refractivity (Wildman–Crippen MR) is 62.2 cm³/mol. The van der Waals surface area contributed by atoms with Crippen molar-refractivity contribution in [3.8, 4) is 5.88 Å². The maximum atomic E-state index is 12.1. The van der Waals surface area contributed by atoms with Crippen LogP contribution in [0.5, 0.6) is 5.88 Å². The summed E-state index contributed by atoms with van der Waals surface area (Å²) < 4.78 is 0. The van der Waals surface area contributed by atoms with Gasteiger partial charge in [0.15, 0.2) is 5.88 Å². The number of amides is 2. The summed E-state index contributed by atoms with van der Waals surface area (Å²) in [4.78, 5) is 38.3. The number of piperazine rings is 1. The molecule has 18 heavy (non-hydrogen) atoms. The highest BCUT2D eigenvalue weighted by atomic mass is 16.3. The zero-order chi connectivity index (χ0) is 13.3. The Balaban J connectivity index is 2.30. The molecule has 0 radical (unpaired) electrons. The van der Waals surface area contributed by atoms with Crippen LogP contribution in [0.1, 0.15) is 17.3 Å². The van der Waals surface area contributed by atoms with Gasteiger partial charge in [-0.1, -0.05) is 0 Å². The molecular formula is C11H13N3O4. The van der Waals surface area contributed by atoms with Crippen molar-refractivity contribution in [2.75, 3.05) is 13.1 Å². The molecule has 0 aromatic carbocycles. The van der Waals surface area contributed by atoms with Crippen LogP contribution in [0.2, 0.25) is 0 Å². The minimum Gasteiger partial charge on any atom is -0.494 e. The molecule has 1 aliphatic rings. The summed E-state index contributed by atoms with van der Waals surface area (Å²) in [6, 6.07) is 1.68. The Bertz CT molecular complexity index is 551. The first-order valence-corrected chi connectivity index (χ1v) is 5.51. The fourth-order valence-electron chi connectivity index (χ4n) is 1.88. The van der Waals surface area contributed by atoms with E-state index in [1.54, 1.807) is 6.92 Å². The molecule has 96 valence electrons. The van der Waals surface area contributed by atoms with Crippen molar-refractivity contribution in [1.29, 1.82) is 0 Å². The second-order valence-corrected chi connectivity index (χ2v) is 4.08. The van der Waals surface area contributed by atoms with Crippen molar-refractivity contribution in [3.63, 3.8) is 0 Å². The standard InChI is InChI=1S/C11H13N3O4/c1-6-10(17)12-2-3-14(6)11(18)7-4-8(15)13-9(16)5-7/h4-6H,2-3H2,1H3,(H,12,17)(H2,13,15,16). The van der Waals surface area contributed by atoms with Crippen LogP contribution < -0.4 is 10.9 Å².